The van der Waals surface area contributed by atoms with Gasteiger partial charge in [0.1, 0.15) is 0 Å². The van der Waals surface area contributed by atoms with Crippen molar-refractivity contribution in [2.24, 2.45) is 5.41 Å². The minimum Gasteiger partial charge on any atom is -0.292 e. The van der Waals surface area contributed by atoms with E-state index in [0.717, 1.165) is 6.54 Å². The van der Waals surface area contributed by atoms with Crippen LogP contribution in [0.3, 0.4) is 0 Å². The van der Waals surface area contributed by atoms with Crippen molar-refractivity contribution in [1.29, 1.82) is 0 Å². The molecule has 1 saturated heterocycles. The van der Waals surface area contributed by atoms with E-state index >= 15 is 0 Å². The molecule has 1 aliphatic carbocycles. The average Bonchev–Trinajstić information content (AvgIpc) is 2.19. The van der Waals surface area contributed by atoms with Gasteiger partial charge in [0.15, 0.2) is 0 Å². The molecule has 0 aromatic rings. The number of hydrogen-bond donors (Lipinski definition) is 0. The van der Waals surface area contributed by atoms with E-state index in [-0.39, 0.29) is 12.4 Å². The van der Waals surface area contributed by atoms with Gasteiger partial charge in [0.2, 0.25) is 0 Å². The van der Waals surface area contributed by atoms with Crippen molar-refractivity contribution < 1.29 is 0 Å². The summed E-state index contributed by atoms with van der Waals surface area (Å²) in [7, 11) is 0. The summed E-state index contributed by atoms with van der Waals surface area (Å²) >= 11 is 0. The van der Waals surface area contributed by atoms with Crippen LogP contribution in [0.5, 0.6) is 0 Å². The van der Waals surface area contributed by atoms with Gasteiger partial charge in [-0.2, -0.15) is 0 Å². The van der Waals surface area contributed by atoms with Gasteiger partial charge < -0.3 is 0 Å². The van der Waals surface area contributed by atoms with Crippen LogP contribution in [0.4, 0.5) is 0 Å². The molecule has 1 heterocycles. The lowest BCUT2D eigenvalue weighted by Crippen LogP contribution is -2.44. The standard InChI is InChI=1S/C13H21N.ClH/c1-2-10-14-11-6-9-13(12-14)7-4-3-5-8-13;/h1H,3-12H2;1H. The molecule has 0 bridgehead atoms. The number of piperidine rings is 1. The Kier molecular flexibility index (Phi) is 4.96. The van der Waals surface area contributed by atoms with E-state index in [1.165, 1.54) is 58.0 Å². The molecule has 2 rings (SSSR count). The second-order valence-electron chi connectivity index (χ2n) is 5.08. The summed E-state index contributed by atoms with van der Waals surface area (Å²) in [6, 6.07) is 0. The first-order valence-electron chi connectivity index (χ1n) is 6.01. The zero-order valence-corrected chi connectivity index (χ0v) is 10.3. The predicted octanol–water partition coefficient (Wildman–Crippen LogP) is 3.09. The van der Waals surface area contributed by atoms with Gasteiger partial charge in [-0.15, -0.1) is 18.8 Å². The van der Waals surface area contributed by atoms with Crippen LogP contribution in [-0.2, 0) is 0 Å². The monoisotopic (exact) mass is 227 g/mol. The molecule has 2 fully saturated rings. The van der Waals surface area contributed by atoms with Gasteiger partial charge >= 0.3 is 0 Å². The summed E-state index contributed by atoms with van der Waals surface area (Å²) in [5.74, 6) is 2.79. The molecule has 0 radical (unpaired) electrons. The Morgan fingerprint density at radius 2 is 1.73 bits per heavy atom. The minimum atomic E-state index is 0. The SMILES string of the molecule is C#CCN1CCCC2(CCCCC2)C1.Cl. The molecule has 1 spiro atoms. The molecule has 86 valence electrons. The van der Waals surface area contributed by atoms with Crippen LogP contribution in [0.1, 0.15) is 44.9 Å². The zero-order valence-electron chi connectivity index (χ0n) is 9.50. The van der Waals surface area contributed by atoms with Crippen LogP contribution in [0.2, 0.25) is 0 Å². The lowest BCUT2D eigenvalue weighted by molar-refractivity contribution is 0.0617. The Morgan fingerprint density at radius 1 is 1.07 bits per heavy atom. The van der Waals surface area contributed by atoms with Crippen LogP contribution in [0.15, 0.2) is 0 Å². The van der Waals surface area contributed by atoms with E-state index < -0.39 is 0 Å². The summed E-state index contributed by atoms with van der Waals surface area (Å²) < 4.78 is 0. The average molecular weight is 228 g/mol. The molecule has 0 N–H and O–H groups in total. The molecule has 1 aliphatic heterocycles. The highest BCUT2D eigenvalue weighted by atomic mass is 35.5. The van der Waals surface area contributed by atoms with Crippen LogP contribution < -0.4 is 0 Å². The zero-order chi connectivity index (χ0) is 9.86. The van der Waals surface area contributed by atoms with Crippen molar-refractivity contribution >= 4 is 12.4 Å². The Morgan fingerprint density at radius 3 is 2.40 bits per heavy atom. The second-order valence-corrected chi connectivity index (χ2v) is 5.08. The summed E-state index contributed by atoms with van der Waals surface area (Å²) in [5.41, 5.74) is 0.660. The summed E-state index contributed by atoms with van der Waals surface area (Å²) in [5, 5.41) is 0. The third-order valence-corrected chi connectivity index (χ3v) is 3.97. The molecule has 1 saturated carbocycles. The third kappa shape index (κ3) is 3.13. The number of rotatable bonds is 1. The van der Waals surface area contributed by atoms with E-state index in [1.54, 1.807) is 0 Å². The van der Waals surface area contributed by atoms with Crippen molar-refractivity contribution in [3.05, 3.63) is 0 Å². The summed E-state index contributed by atoms with van der Waals surface area (Å²) in [4.78, 5) is 2.48. The Bertz CT molecular complexity index is 220. The summed E-state index contributed by atoms with van der Waals surface area (Å²) in [6.45, 7) is 3.37. The molecular formula is C13H22ClN. The summed E-state index contributed by atoms with van der Waals surface area (Å²) in [6.07, 6.45) is 15.5. The van der Waals surface area contributed by atoms with Gasteiger partial charge in [-0.1, -0.05) is 25.2 Å². The third-order valence-electron chi connectivity index (χ3n) is 3.97. The van der Waals surface area contributed by atoms with Gasteiger partial charge in [0, 0.05) is 6.54 Å². The molecule has 0 aromatic heterocycles. The van der Waals surface area contributed by atoms with Crippen LogP contribution in [0.25, 0.3) is 0 Å². The topological polar surface area (TPSA) is 3.24 Å². The van der Waals surface area contributed by atoms with Gasteiger partial charge in [-0.25, -0.2) is 0 Å². The van der Waals surface area contributed by atoms with E-state index in [2.05, 4.69) is 10.8 Å². The lowest BCUT2D eigenvalue weighted by atomic mass is 9.69. The second kappa shape index (κ2) is 5.77. The molecular weight excluding hydrogens is 206 g/mol. The maximum Gasteiger partial charge on any atom is 0.0599 e. The first-order valence-corrected chi connectivity index (χ1v) is 6.01. The fourth-order valence-electron chi connectivity index (χ4n) is 3.28. The van der Waals surface area contributed by atoms with Crippen LogP contribution >= 0.6 is 12.4 Å². The molecule has 0 amide bonds. The number of nitrogens with zero attached hydrogens (tertiary/aromatic N) is 1. The number of halogens is 1. The Balaban J connectivity index is 0.00000112. The highest BCUT2D eigenvalue weighted by Crippen LogP contribution is 2.42. The van der Waals surface area contributed by atoms with Crippen molar-refractivity contribution in [2.75, 3.05) is 19.6 Å². The molecule has 1 nitrogen and oxygen atoms in total. The maximum absolute atomic E-state index is 5.39. The lowest BCUT2D eigenvalue weighted by Gasteiger charge is -2.44. The van der Waals surface area contributed by atoms with E-state index in [1.807, 2.05) is 0 Å². The van der Waals surface area contributed by atoms with Crippen molar-refractivity contribution in [3.8, 4) is 12.3 Å². The van der Waals surface area contributed by atoms with Crippen molar-refractivity contribution in [2.45, 2.75) is 44.9 Å². The van der Waals surface area contributed by atoms with Crippen molar-refractivity contribution in [3.63, 3.8) is 0 Å². The first kappa shape index (κ1) is 12.9. The predicted molar refractivity (Wildman–Crippen MR) is 67.3 cm³/mol. The van der Waals surface area contributed by atoms with Crippen LogP contribution in [0, 0.1) is 17.8 Å². The Labute approximate surface area is 100 Å². The van der Waals surface area contributed by atoms with Crippen LogP contribution in [-0.4, -0.2) is 24.5 Å². The number of terminal acetylenes is 1. The molecule has 2 aliphatic rings. The molecule has 2 heteroatoms. The largest absolute Gasteiger partial charge is 0.292 e. The molecule has 0 aromatic carbocycles. The van der Waals surface area contributed by atoms with E-state index in [9.17, 15) is 0 Å². The van der Waals surface area contributed by atoms with Gasteiger partial charge in [-0.05, 0) is 37.6 Å². The smallest absolute Gasteiger partial charge is 0.0599 e. The molecule has 0 unspecified atom stereocenters. The normalized spacial score (nSPS) is 25.5. The fourth-order valence-corrected chi connectivity index (χ4v) is 3.28. The van der Waals surface area contributed by atoms with E-state index in [4.69, 9.17) is 6.42 Å². The van der Waals surface area contributed by atoms with Crippen molar-refractivity contribution in [1.82, 2.24) is 4.90 Å². The van der Waals surface area contributed by atoms with Gasteiger partial charge in [-0.3, -0.25) is 4.90 Å². The van der Waals surface area contributed by atoms with E-state index in [0.29, 0.717) is 5.41 Å². The number of hydrogen-bond acceptors (Lipinski definition) is 1. The molecule has 0 atom stereocenters. The molecule has 15 heavy (non-hydrogen) atoms. The van der Waals surface area contributed by atoms with Gasteiger partial charge in [0.25, 0.3) is 0 Å². The first-order chi connectivity index (χ1) is 6.85. The highest BCUT2D eigenvalue weighted by molar-refractivity contribution is 5.85. The minimum absolute atomic E-state index is 0. The maximum atomic E-state index is 5.39. The fraction of sp³-hybridized carbons (Fsp3) is 0.846. The highest BCUT2D eigenvalue weighted by Gasteiger charge is 2.35. The Hall–Kier alpha value is -0.190. The number of likely N-dealkylation sites (tertiary alicyclic amines) is 1. The van der Waals surface area contributed by atoms with Gasteiger partial charge in [0.05, 0.1) is 6.54 Å². The quantitative estimate of drug-likeness (QED) is 0.623.